The summed E-state index contributed by atoms with van der Waals surface area (Å²) >= 11 is 1.26. The molecule has 0 fully saturated rings. The number of fused-ring (bicyclic) bond motifs is 1. The topological polar surface area (TPSA) is 96.9 Å². The summed E-state index contributed by atoms with van der Waals surface area (Å²) in [6.45, 7) is 5.62. The Morgan fingerprint density at radius 2 is 2.00 bits per heavy atom. The molecule has 0 spiro atoms. The Kier molecular flexibility index (Phi) is 6.43. The van der Waals surface area contributed by atoms with Crippen LogP contribution in [0.15, 0.2) is 45.5 Å². The summed E-state index contributed by atoms with van der Waals surface area (Å²) in [5.74, 6) is 0.556. The van der Waals surface area contributed by atoms with Crippen LogP contribution < -0.4 is 24.4 Å². The molecule has 3 heterocycles. The van der Waals surface area contributed by atoms with E-state index < -0.39 is 12.0 Å². The van der Waals surface area contributed by atoms with Crippen LogP contribution in [0.5, 0.6) is 11.5 Å². The Morgan fingerprint density at radius 1 is 1.24 bits per heavy atom. The van der Waals surface area contributed by atoms with Gasteiger partial charge in [-0.25, -0.2) is 9.79 Å². The lowest BCUT2D eigenvalue weighted by molar-refractivity contribution is -0.139. The zero-order valence-corrected chi connectivity index (χ0v) is 20.7. The highest BCUT2D eigenvalue weighted by atomic mass is 32.1. The van der Waals surface area contributed by atoms with Crippen molar-refractivity contribution in [2.24, 2.45) is 12.0 Å². The summed E-state index contributed by atoms with van der Waals surface area (Å²) < 4.78 is 20.1. The number of rotatable bonds is 6. The van der Waals surface area contributed by atoms with E-state index in [0.717, 1.165) is 11.3 Å². The van der Waals surface area contributed by atoms with Gasteiger partial charge in [0.15, 0.2) is 4.80 Å². The van der Waals surface area contributed by atoms with E-state index in [1.807, 2.05) is 14.0 Å². The number of esters is 1. The van der Waals surface area contributed by atoms with Gasteiger partial charge in [-0.3, -0.25) is 14.0 Å². The van der Waals surface area contributed by atoms with Crippen LogP contribution >= 0.6 is 11.3 Å². The number of carbonyl (C=O) groups is 1. The molecule has 0 saturated heterocycles. The highest BCUT2D eigenvalue weighted by Crippen LogP contribution is 2.37. The fraction of sp³-hybridized carbons (Fsp3) is 0.333. The molecule has 9 nitrogen and oxygen atoms in total. The standard InChI is InChI=1S/C24H26N4O5S/c1-7-33-23(30)20-13(2)26-24-28(21(20)17-9-8-16(31-5)11-18(17)32-6)22(29)19(34-24)10-15-12-25-27(4)14(15)3/h8-12,21H,7H2,1-6H3/b19-10+/t21-/m1/s1. The Morgan fingerprint density at radius 3 is 2.62 bits per heavy atom. The van der Waals surface area contributed by atoms with Crippen LogP contribution in [0.4, 0.5) is 0 Å². The van der Waals surface area contributed by atoms with E-state index in [-0.39, 0.29) is 12.2 Å². The summed E-state index contributed by atoms with van der Waals surface area (Å²) in [7, 11) is 4.94. The molecule has 0 N–H and O–H groups in total. The highest BCUT2D eigenvalue weighted by molar-refractivity contribution is 7.07. The summed E-state index contributed by atoms with van der Waals surface area (Å²) in [6, 6.07) is 4.52. The molecule has 34 heavy (non-hydrogen) atoms. The first kappa shape index (κ1) is 23.5. The smallest absolute Gasteiger partial charge is 0.338 e. The molecule has 1 aliphatic heterocycles. The molecule has 178 valence electrons. The number of hydrogen-bond donors (Lipinski definition) is 0. The number of thiazole rings is 1. The molecule has 1 aliphatic rings. The van der Waals surface area contributed by atoms with Gasteiger partial charge >= 0.3 is 5.97 Å². The second-order valence-corrected chi connectivity index (χ2v) is 8.73. The Bertz CT molecular complexity index is 1480. The Balaban J connectivity index is 2.01. The molecule has 0 bridgehead atoms. The molecular weight excluding hydrogens is 456 g/mol. The maximum atomic E-state index is 13.7. The number of aromatic nitrogens is 3. The summed E-state index contributed by atoms with van der Waals surface area (Å²) in [4.78, 5) is 31.8. The number of hydrogen-bond acceptors (Lipinski definition) is 8. The van der Waals surface area contributed by atoms with Gasteiger partial charge in [0.05, 0.1) is 42.8 Å². The molecule has 0 saturated carbocycles. The van der Waals surface area contributed by atoms with Crippen molar-refractivity contribution in [3.63, 3.8) is 0 Å². The Labute approximate surface area is 200 Å². The third-order valence-corrected chi connectivity index (χ3v) is 6.80. The molecule has 3 aromatic rings. The lowest BCUT2D eigenvalue weighted by Crippen LogP contribution is -2.40. The maximum absolute atomic E-state index is 13.7. The van der Waals surface area contributed by atoms with Crippen molar-refractivity contribution in [1.82, 2.24) is 14.3 Å². The van der Waals surface area contributed by atoms with Crippen molar-refractivity contribution in [2.75, 3.05) is 20.8 Å². The van der Waals surface area contributed by atoms with Gasteiger partial charge in [0.25, 0.3) is 5.56 Å². The van der Waals surface area contributed by atoms with Crippen molar-refractivity contribution in [3.8, 4) is 11.5 Å². The fourth-order valence-corrected chi connectivity index (χ4v) is 4.97. The number of aryl methyl sites for hydroxylation is 1. The molecular formula is C24H26N4O5S. The second-order valence-electron chi connectivity index (χ2n) is 7.72. The molecule has 1 aromatic carbocycles. The lowest BCUT2D eigenvalue weighted by atomic mass is 9.95. The number of carbonyl (C=O) groups excluding carboxylic acids is 1. The van der Waals surface area contributed by atoms with E-state index in [1.165, 1.54) is 23.0 Å². The monoisotopic (exact) mass is 482 g/mol. The summed E-state index contributed by atoms with van der Waals surface area (Å²) in [5.41, 5.74) is 2.93. The first-order valence-electron chi connectivity index (χ1n) is 10.7. The highest BCUT2D eigenvalue weighted by Gasteiger charge is 2.35. The number of benzene rings is 1. The fourth-order valence-electron chi connectivity index (χ4n) is 3.93. The normalized spacial score (nSPS) is 15.7. The SMILES string of the molecule is CCOC(=O)C1=C(C)N=c2s/c(=C/c3cnn(C)c3C)c(=O)n2[C@@H]1c1ccc(OC)cc1OC. The van der Waals surface area contributed by atoms with Gasteiger partial charge in [0, 0.05) is 29.9 Å². The van der Waals surface area contributed by atoms with Crippen LogP contribution in [0.25, 0.3) is 6.08 Å². The van der Waals surface area contributed by atoms with Crippen LogP contribution in [0, 0.1) is 6.92 Å². The van der Waals surface area contributed by atoms with Crippen molar-refractivity contribution in [3.05, 3.63) is 72.2 Å². The minimum atomic E-state index is -0.770. The molecule has 10 heteroatoms. The molecule has 0 amide bonds. The maximum Gasteiger partial charge on any atom is 0.338 e. The first-order chi connectivity index (χ1) is 16.3. The van der Waals surface area contributed by atoms with E-state index in [9.17, 15) is 9.59 Å². The van der Waals surface area contributed by atoms with Gasteiger partial charge in [-0.05, 0) is 39.0 Å². The van der Waals surface area contributed by atoms with E-state index in [2.05, 4.69) is 10.1 Å². The lowest BCUT2D eigenvalue weighted by Gasteiger charge is -2.26. The first-order valence-corrected chi connectivity index (χ1v) is 11.5. The van der Waals surface area contributed by atoms with Crippen LogP contribution in [-0.2, 0) is 16.6 Å². The number of ether oxygens (including phenoxy) is 3. The molecule has 1 atom stereocenters. The zero-order valence-electron chi connectivity index (χ0n) is 19.9. The third-order valence-electron chi connectivity index (χ3n) is 5.81. The summed E-state index contributed by atoms with van der Waals surface area (Å²) in [5, 5.41) is 4.25. The van der Waals surface area contributed by atoms with Crippen LogP contribution in [0.1, 0.15) is 36.7 Å². The van der Waals surface area contributed by atoms with Gasteiger partial charge in [-0.1, -0.05) is 11.3 Å². The third kappa shape index (κ3) is 3.94. The average molecular weight is 483 g/mol. The Hall–Kier alpha value is -3.66. The van der Waals surface area contributed by atoms with E-state index in [0.29, 0.717) is 37.7 Å². The van der Waals surface area contributed by atoms with Gasteiger partial charge in [0.2, 0.25) is 0 Å². The molecule has 0 radical (unpaired) electrons. The van der Waals surface area contributed by atoms with Crippen LogP contribution in [0.3, 0.4) is 0 Å². The average Bonchev–Trinajstić information content (AvgIpc) is 3.31. The van der Waals surface area contributed by atoms with Crippen LogP contribution in [-0.4, -0.2) is 41.1 Å². The number of allylic oxidation sites excluding steroid dienone is 1. The van der Waals surface area contributed by atoms with Crippen molar-refractivity contribution < 1.29 is 19.0 Å². The van der Waals surface area contributed by atoms with Gasteiger partial charge in [0.1, 0.15) is 17.5 Å². The van der Waals surface area contributed by atoms with Crippen molar-refractivity contribution >= 4 is 23.4 Å². The number of nitrogens with zero attached hydrogens (tertiary/aromatic N) is 4. The minimum absolute atomic E-state index is 0.201. The van der Waals surface area contributed by atoms with Gasteiger partial charge in [-0.15, -0.1) is 0 Å². The predicted octanol–water partition coefficient (Wildman–Crippen LogP) is 1.86. The van der Waals surface area contributed by atoms with Gasteiger partial charge in [-0.2, -0.15) is 5.10 Å². The van der Waals surface area contributed by atoms with E-state index >= 15 is 0 Å². The quantitative estimate of drug-likeness (QED) is 0.498. The van der Waals surface area contributed by atoms with Crippen LogP contribution in [0.2, 0.25) is 0 Å². The molecule has 4 rings (SSSR count). The van der Waals surface area contributed by atoms with E-state index in [4.69, 9.17) is 14.2 Å². The largest absolute Gasteiger partial charge is 0.497 e. The second kappa shape index (κ2) is 9.30. The zero-order chi connectivity index (χ0) is 24.6. The number of methoxy groups -OCH3 is 2. The molecule has 2 aromatic heterocycles. The van der Waals surface area contributed by atoms with Crippen molar-refractivity contribution in [2.45, 2.75) is 26.8 Å². The summed E-state index contributed by atoms with van der Waals surface area (Å²) in [6.07, 6.45) is 3.52. The van der Waals surface area contributed by atoms with Crippen molar-refractivity contribution in [1.29, 1.82) is 0 Å². The minimum Gasteiger partial charge on any atom is -0.497 e. The molecule has 0 aliphatic carbocycles. The van der Waals surface area contributed by atoms with Gasteiger partial charge < -0.3 is 14.2 Å². The predicted molar refractivity (Wildman–Crippen MR) is 128 cm³/mol. The van der Waals surface area contributed by atoms with E-state index in [1.54, 1.807) is 56.1 Å². The molecule has 0 unspecified atom stereocenters.